The molecule has 1 aliphatic heterocycles. The van der Waals surface area contributed by atoms with E-state index in [1.807, 2.05) is 12.1 Å². The number of nitrogens with zero attached hydrogens (tertiary/aromatic N) is 4. The summed E-state index contributed by atoms with van der Waals surface area (Å²) in [5.74, 6) is -0.0447. The van der Waals surface area contributed by atoms with E-state index in [1.54, 1.807) is 59.2 Å². The fraction of sp³-hybridized carbons (Fsp3) is 0.348. The van der Waals surface area contributed by atoms with Crippen LogP contribution in [-0.4, -0.2) is 58.6 Å². The van der Waals surface area contributed by atoms with E-state index in [2.05, 4.69) is 34.7 Å². The second kappa shape index (κ2) is 8.07. The van der Waals surface area contributed by atoms with E-state index in [9.17, 15) is 9.59 Å². The molecule has 1 fully saturated rings. The van der Waals surface area contributed by atoms with Crippen LogP contribution in [0.4, 0.5) is 0 Å². The second-order valence-electron chi connectivity index (χ2n) is 8.19. The Hall–Kier alpha value is -2.93. The first kappa shape index (κ1) is 20.3. The molecule has 0 bridgehead atoms. The summed E-state index contributed by atoms with van der Waals surface area (Å²) >= 11 is 1.70. The summed E-state index contributed by atoms with van der Waals surface area (Å²) in [5.41, 5.74) is 2.07. The van der Waals surface area contributed by atoms with Gasteiger partial charge in [0.1, 0.15) is 5.69 Å². The van der Waals surface area contributed by atoms with E-state index in [-0.39, 0.29) is 11.8 Å². The Labute approximate surface area is 180 Å². The highest BCUT2D eigenvalue weighted by molar-refractivity contribution is 7.13. The average molecular weight is 423 g/mol. The molecule has 6 nitrogen and oxygen atoms in total. The fourth-order valence-electron chi connectivity index (χ4n) is 4.27. The second-order valence-corrected chi connectivity index (χ2v) is 9.13. The molecule has 156 valence electrons. The molecule has 0 spiro atoms. The number of aryl methyl sites for hydroxylation is 1. The number of carbonyl (C=O) groups excluding carboxylic acids is 2. The Bertz CT molecular complexity index is 1060. The van der Waals surface area contributed by atoms with Gasteiger partial charge in [0.2, 0.25) is 5.91 Å². The van der Waals surface area contributed by atoms with Gasteiger partial charge >= 0.3 is 0 Å². The average Bonchev–Trinajstić information content (AvgIpc) is 3.48. The summed E-state index contributed by atoms with van der Waals surface area (Å²) in [6.45, 7) is 0.961. The van der Waals surface area contributed by atoms with Gasteiger partial charge < -0.3 is 9.80 Å². The maximum absolute atomic E-state index is 13.3. The predicted octanol–water partition coefficient (Wildman–Crippen LogP) is 3.31. The molecule has 1 saturated heterocycles. The number of benzene rings is 1. The molecule has 0 radical (unpaired) electrons. The molecule has 0 aliphatic carbocycles. The largest absolute Gasteiger partial charge is 0.348 e. The number of thiophene rings is 1. The summed E-state index contributed by atoms with van der Waals surface area (Å²) < 4.78 is 1.62. The lowest BCUT2D eigenvalue weighted by Crippen LogP contribution is -2.44. The first-order valence-corrected chi connectivity index (χ1v) is 10.9. The van der Waals surface area contributed by atoms with Gasteiger partial charge in [-0.3, -0.25) is 14.3 Å². The van der Waals surface area contributed by atoms with Gasteiger partial charge in [0.25, 0.3) is 5.91 Å². The number of carbonyl (C=O) groups is 2. The van der Waals surface area contributed by atoms with Crippen molar-refractivity contribution in [3.8, 4) is 10.4 Å². The van der Waals surface area contributed by atoms with Gasteiger partial charge in [-0.25, -0.2) is 0 Å². The van der Waals surface area contributed by atoms with Crippen LogP contribution < -0.4 is 0 Å². The van der Waals surface area contributed by atoms with E-state index < -0.39 is 5.41 Å². The van der Waals surface area contributed by atoms with Gasteiger partial charge in [0.05, 0.1) is 5.41 Å². The van der Waals surface area contributed by atoms with E-state index in [0.29, 0.717) is 31.6 Å². The molecule has 0 saturated carbocycles. The zero-order valence-electron chi connectivity index (χ0n) is 17.5. The Balaban J connectivity index is 1.60. The number of hydrogen-bond acceptors (Lipinski definition) is 4. The number of hydrogen-bond donors (Lipinski definition) is 0. The molecule has 3 heterocycles. The summed E-state index contributed by atoms with van der Waals surface area (Å²) in [7, 11) is 5.37. The third-order valence-electron chi connectivity index (χ3n) is 5.71. The Morgan fingerprint density at radius 2 is 2.03 bits per heavy atom. The predicted molar refractivity (Wildman–Crippen MR) is 118 cm³/mol. The van der Waals surface area contributed by atoms with Crippen molar-refractivity contribution in [2.45, 2.75) is 12.8 Å². The highest BCUT2D eigenvalue weighted by atomic mass is 32.1. The van der Waals surface area contributed by atoms with Crippen molar-refractivity contribution < 1.29 is 9.59 Å². The van der Waals surface area contributed by atoms with Gasteiger partial charge in [-0.05, 0) is 41.5 Å². The SMILES string of the molecule is CN(C)C(=O)[C@]1(Cc2cccc(-c3cccs3)c2)CCN(C(=O)c2ccn(C)n2)C1. The lowest BCUT2D eigenvalue weighted by atomic mass is 9.79. The Morgan fingerprint density at radius 3 is 2.70 bits per heavy atom. The van der Waals surface area contributed by atoms with Crippen molar-refractivity contribution in [1.29, 1.82) is 0 Å². The van der Waals surface area contributed by atoms with E-state index in [0.717, 1.165) is 11.1 Å². The van der Waals surface area contributed by atoms with Gasteiger partial charge in [0, 0.05) is 45.3 Å². The van der Waals surface area contributed by atoms with Crippen LogP contribution in [0.2, 0.25) is 0 Å². The maximum Gasteiger partial charge on any atom is 0.274 e. The minimum atomic E-state index is -0.623. The lowest BCUT2D eigenvalue weighted by molar-refractivity contribution is -0.138. The maximum atomic E-state index is 13.3. The molecule has 7 heteroatoms. The standard InChI is InChI=1S/C23H26N4O2S/c1-25(2)22(29)23(10-12-27(16-23)21(28)19-9-11-26(3)24-19)15-17-6-4-7-18(14-17)20-8-5-13-30-20/h4-9,11,13-14H,10,12,15-16H2,1-3H3/t23-/m0/s1. The molecule has 0 N–H and O–H groups in total. The van der Waals surface area contributed by atoms with Gasteiger partial charge in [0.15, 0.2) is 0 Å². The molecule has 2 amide bonds. The highest BCUT2D eigenvalue weighted by Crippen LogP contribution is 2.37. The molecule has 4 rings (SSSR count). The number of aromatic nitrogens is 2. The van der Waals surface area contributed by atoms with E-state index >= 15 is 0 Å². The van der Waals surface area contributed by atoms with Gasteiger partial charge in [-0.15, -0.1) is 11.3 Å². The quantitative estimate of drug-likeness (QED) is 0.634. The van der Waals surface area contributed by atoms with Crippen LogP contribution in [0.1, 0.15) is 22.5 Å². The molecule has 30 heavy (non-hydrogen) atoms. The van der Waals surface area contributed by atoms with Gasteiger partial charge in [-0.1, -0.05) is 30.3 Å². The number of amides is 2. The van der Waals surface area contributed by atoms with Gasteiger partial charge in [-0.2, -0.15) is 5.10 Å². The van der Waals surface area contributed by atoms with Crippen molar-refractivity contribution >= 4 is 23.2 Å². The van der Waals surface area contributed by atoms with Crippen LogP contribution in [-0.2, 0) is 18.3 Å². The first-order valence-electron chi connectivity index (χ1n) is 10.0. The van der Waals surface area contributed by atoms with Crippen LogP contribution in [0.5, 0.6) is 0 Å². The molecule has 3 aromatic rings. The van der Waals surface area contributed by atoms with Crippen molar-refractivity contribution in [1.82, 2.24) is 19.6 Å². The first-order chi connectivity index (χ1) is 14.4. The molecular formula is C23H26N4O2S. The molecule has 1 atom stereocenters. The fourth-order valence-corrected chi connectivity index (χ4v) is 5.00. The van der Waals surface area contributed by atoms with Crippen LogP contribution >= 0.6 is 11.3 Å². The molecule has 2 aromatic heterocycles. The van der Waals surface area contributed by atoms with Crippen molar-refractivity contribution in [2.75, 3.05) is 27.2 Å². The molecule has 0 unspecified atom stereocenters. The Kier molecular flexibility index (Phi) is 5.47. The molecule has 1 aliphatic rings. The van der Waals surface area contributed by atoms with Crippen LogP contribution in [0, 0.1) is 5.41 Å². The minimum Gasteiger partial charge on any atom is -0.348 e. The highest BCUT2D eigenvalue weighted by Gasteiger charge is 2.47. The molecule has 1 aromatic carbocycles. The van der Waals surface area contributed by atoms with E-state index in [4.69, 9.17) is 0 Å². The third-order valence-corrected chi connectivity index (χ3v) is 6.63. The van der Waals surface area contributed by atoms with Crippen LogP contribution in [0.15, 0.2) is 54.0 Å². The summed E-state index contributed by atoms with van der Waals surface area (Å²) in [4.78, 5) is 30.8. The lowest BCUT2D eigenvalue weighted by Gasteiger charge is -2.31. The topological polar surface area (TPSA) is 58.4 Å². The van der Waals surface area contributed by atoms with Crippen LogP contribution in [0.3, 0.4) is 0 Å². The minimum absolute atomic E-state index is 0.0698. The summed E-state index contributed by atoms with van der Waals surface area (Å²) in [6, 6.07) is 14.3. The zero-order valence-corrected chi connectivity index (χ0v) is 18.4. The van der Waals surface area contributed by atoms with E-state index in [1.165, 1.54) is 4.88 Å². The smallest absolute Gasteiger partial charge is 0.274 e. The molecular weight excluding hydrogens is 396 g/mol. The van der Waals surface area contributed by atoms with Crippen LogP contribution in [0.25, 0.3) is 10.4 Å². The van der Waals surface area contributed by atoms with Crippen molar-refractivity contribution in [3.63, 3.8) is 0 Å². The summed E-state index contributed by atoms with van der Waals surface area (Å²) in [5, 5.41) is 6.30. The number of likely N-dealkylation sites (tertiary alicyclic amines) is 1. The number of rotatable bonds is 5. The third kappa shape index (κ3) is 3.89. The Morgan fingerprint density at radius 1 is 1.20 bits per heavy atom. The zero-order chi connectivity index (χ0) is 21.3. The van der Waals surface area contributed by atoms with Crippen molar-refractivity contribution in [2.24, 2.45) is 12.5 Å². The normalized spacial score (nSPS) is 18.6. The summed E-state index contributed by atoms with van der Waals surface area (Å²) in [6.07, 6.45) is 3.01. The monoisotopic (exact) mass is 422 g/mol. The van der Waals surface area contributed by atoms with Crippen molar-refractivity contribution in [3.05, 3.63) is 65.3 Å².